The summed E-state index contributed by atoms with van der Waals surface area (Å²) in [5, 5.41) is 1.85. The van der Waals surface area contributed by atoms with Crippen molar-refractivity contribution in [2.45, 2.75) is 306 Å². The molecule has 2 fully saturated rings. The van der Waals surface area contributed by atoms with E-state index < -0.39 is 0 Å². The Labute approximate surface area is 339 Å². The summed E-state index contributed by atoms with van der Waals surface area (Å²) in [4.78, 5) is 0. The summed E-state index contributed by atoms with van der Waals surface area (Å²) in [6, 6.07) is 0. The Balaban J connectivity index is 1.51. The maximum absolute atomic E-state index is 5.90. The van der Waals surface area contributed by atoms with Gasteiger partial charge in [-0.1, -0.05) is 206 Å². The SMILES string of the molecule is CCCCCCC(CCCCCCCCCCCCCC1CCCCO1)SC(CCCCCC)CCCCCCCCCCCCCC1CCCCO1. The zero-order chi connectivity index (χ0) is 37.5. The standard InChI is InChI=1S/C50H98O2S/c1-3-5-7-29-41-49(43-31-25-21-17-13-9-11-15-19-23-27-37-47-39-33-35-45-51-47)53-50(42-30-8-6-4-2)44-32-26-22-18-14-10-12-16-20-24-28-38-48-40-34-36-46-52-48/h47-50H,3-46H2,1-2H3. The predicted octanol–water partition coefficient (Wildman–Crippen LogP) is 17.7. The van der Waals surface area contributed by atoms with Crippen LogP contribution in [0, 0.1) is 0 Å². The van der Waals surface area contributed by atoms with E-state index in [1.165, 1.54) is 270 Å². The molecule has 2 aliphatic rings. The Morgan fingerprint density at radius 1 is 0.358 bits per heavy atom. The lowest BCUT2D eigenvalue weighted by molar-refractivity contribution is 0.00964. The van der Waals surface area contributed by atoms with Crippen LogP contribution in [0.4, 0.5) is 0 Å². The molecule has 0 spiro atoms. The van der Waals surface area contributed by atoms with Crippen molar-refractivity contribution in [2.75, 3.05) is 13.2 Å². The lowest BCUT2D eigenvalue weighted by Crippen LogP contribution is -2.18. The predicted molar refractivity (Wildman–Crippen MR) is 240 cm³/mol. The van der Waals surface area contributed by atoms with Crippen molar-refractivity contribution < 1.29 is 9.47 Å². The van der Waals surface area contributed by atoms with Crippen molar-refractivity contribution in [1.82, 2.24) is 0 Å². The molecule has 53 heavy (non-hydrogen) atoms. The summed E-state index contributed by atoms with van der Waals surface area (Å²) >= 11 is 2.47. The monoisotopic (exact) mass is 763 g/mol. The highest BCUT2D eigenvalue weighted by Crippen LogP contribution is 2.33. The minimum Gasteiger partial charge on any atom is -0.378 e. The van der Waals surface area contributed by atoms with E-state index in [0.29, 0.717) is 12.2 Å². The molecule has 3 heteroatoms. The van der Waals surface area contributed by atoms with E-state index in [2.05, 4.69) is 25.6 Å². The van der Waals surface area contributed by atoms with Crippen LogP contribution in [0.25, 0.3) is 0 Å². The van der Waals surface area contributed by atoms with Gasteiger partial charge in [-0.05, 0) is 77.0 Å². The molecular weight excluding hydrogens is 665 g/mol. The Morgan fingerprint density at radius 3 is 0.925 bits per heavy atom. The molecule has 316 valence electrons. The van der Waals surface area contributed by atoms with Crippen LogP contribution < -0.4 is 0 Å². The average Bonchev–Trinajstić information content (AvgIpc) is 3.19. The van der Waals surface area contributed by atoms with Crippen molar-refractivity contribution in [1.29, 1.82) is 0 Å². The van der Waals surface area contributed by atoms with E-state index in [0.717, 1.165) is 23.7 Å². The van der Waals surface area contributed by atoms with Crippen LogP contribution in [-0.4, -0.2) is 35.9 Å². The Hall–Kier alpha value is 0.270. The quantitative estimate of drug-likeness (QED) is 0.0579. The summed E-state index contributed by atoms with van der Waals surface area (Å²) in [6.45, 7) is 6.76. The van der Waals surface area contributed by atoms with Gasteiger partial charge in [0.1, 0.15) is 0 Å². The first-order valence-corrected chi connectivity index (χ1v) is 26.1. The first-order valence-electron chi connectivity index (χ1n) is 25.2. The van der Waals surface area contributed by atoms with Gasteiger partial charge in [-0.25, -0.2) is 0 Å². The fraction of sp³-hybridized carbons (Fsp3) is 1.00. The van der Waals surface area contributed by atoms with E-state index in [1.54, 1.807) is 0 Å². The number of rotatable bonds is 40. The van der Waals surface area contributed by atoms with Gasteiger partial charge in [0.2, 0.25) is 0 Å². The highest BCUT2D eigenvalue weighted by molar-refractivity contribution is 8.00. The number of ether oxygens (including phenoxy) is 2. The van der Waals surface area contributed by atoms with E-state index in [9.17, 15) is 0 Å². The molecule has 2 heterocycles. The third kappa shape index (κ3) is 32.0. The molecule has 0 N–H and O–H groups in total. The van der Waals surface area contributed by atoms with Crippen LogP contribution in [0.3, 0.4) is 0 Å². The van der Waals surface area contributed by atoms with Crippen LogP contribution >= 0.6 is 11.8 Å². The second kappa shape index (κ2) is 39.1. The van der Waals surface area contributed by atoms with Crippen molar-refractivity contribution in [3.63, 3.8) is 0 Å². The second-order valence-corrected chi connectivity index (χ2v) is 19.6. The van der Waals surface area contributed by atoms with Gasteiger partial charge in [0.05, 0.1) is 12.2 Å². The van der Waals surface area contributed by atoms with Gasteiger partial charge in [0.15, 0.2) is 0 Å². The van der Waals surface area contributed by atoms with Gasteiger partial charge < -0.3 is 9.47 Å². The maximum Gasteiger partial charge on any atom is 0.0575 e. The molecule has 2 nitrogen and oxygen atoms in total. The minimum atomic E-state index is 0.590. The number of unbranched alkanes of at least 4 members (excludes halogenated alkanes) is 26. The summed E-state index contributed by atoms with van der Waals surface area (Å²) in [7, 11) is 0. The molecule has 0 aromatic rings. The van der Waals surface area contributed by atoms with Gasteiger partial charge in [-0.2, -0.15) is 11.8 Å². The molecule has 0 aliphatic carbocycles. The molecule has 4 atom stereocenters. The van der Waals surface area contributed by atoms with Gasteiger partial charge >= 0.3 is 0 Å². The summed E-state index contributed by atoms with van der Waals surface area (Å²) < 4.78 is 11.8. The van der Waals surface area contributed by atoms with Gasteiger partial charge in [0, 0.05) is 23.7 Å². The van der Waals surface area contributed by atoms with E-state index >= 15 is 0 Å². The molecule has 0 radical (unpaired) electrons. The van der Waals surface area contributed by atoms with Crippen molar-refractivity contribution in [3.05, 3.63) is 0 Å². The van der Waals surface area contributed by atoms with Gasteiger partial charge in [0.25, 0.3) is 0 Å². The highest BCUT2D eigenvalue weighted by Gasteiger charge is 2.18. The van der Waals surface area contributed by atoms with Crippen LogP contribution in [-0.2, 0) is 9.47 Å². The second-order valence-electron chi connectivity index (χ2n) is 18.0. The Bertz CT molecular complexity index is 644. The summed E-state index contributed by atoms with van der Waals surface area (Å²) in [6.07, 6.45) is 61.3. The van der Waals surface area contributed by atoms with Crippen LogP contribution in [0.1, 0.15) is 284 Å². The minimum absolute atomic E-state index is 0.590. The van der Waals surface area contributed by atoms with E-state index in [-0.39, 0.29) is 0 Å². The molecule has 0 bridgehead atoms. The van der Waals surface area contributed by atoms with Crippen molar-refractivity contribution in [2.24, 2.45) is 0 Å². The van der Waals surface area contributed by atoms with Crippen LogP contribution in [0.5, 0.6) is 0 Å². The zero-order valence-electron chi connectivity index (χ0n) is 36.6. The Morgan fingerprint density at radius 2 is 0.642 bits per heavy atom. The topological polar surface area (TPSA) is 18.5 Å². The molecule has 0 saturated carbocycles. The molecule has 0 aromatic heterocycles. The fourth-order valence-corrected chi connectivity index (χ4v) is 10.9. The molecule has 2 aliphatic heterocycles. The largest absolute Gasteiger partial charge is 0.378 e. The molecule has 2 rings (SSSR count). The summed E-state index contributed by atoms with van der Waals surface area (Å²) in [5.41, 5.74) is 0. The smallest absolute Gasteiger partial charge is 0.0575 e. The molecule has 0 amide bonds. The third-order valence-corrected chi connectivity index (χ3v) is 14.5. The number of hydrogen-bond donors (Lipinski definition) is 0. The first-order chi connectivity index (χ1) is 26.3. The van der Waals surface area contributed by atoms with E-state index in [4.69, 9.17) is 9.47 Å². The normalized spacial score (nSPS) is 19.1. The maximum atomic E-state index is 5.90. The third-order valence-electron chi connectivity index (χ3n) is 12.8. The van der Waals surface area contributed by atoms with Gasteiger partial charge in [-0.3, -0.25) is 0 Å². The van der Waals surface area contributed by atoms with Crippen LogP contribution in [0.15, 0.2) is 0 Å². The first kappa shape index (κ1) is 49.4. The number of thioether (sulfide) groups is 1. The van der Waals surface area contributed by atoms with Gasteiger partial charge in [-0.15, -0.1) is 0 Å². The summed E-state index contributed by atoms with van der Waals surface area (Å²) in [5.74, 6) is 0. The average molecular weight is 763 g/mol. The Kier molecular flexibility index (Phi) is 36.5. The lowest BCUT2D eigenvalue weighted by Gasteiger charge is -2.24. The fourth-order valence-electron chi connectivity index (χ4n) is 9.17. The zero-order valence-corrected chi connectivity index (χ0v) is 37.5. The number of hydrogen-bond acceptors (Lipinski definition) is 3. The molecule has 2 saturated heterocycles. The highest BCUT2D eigenvalue weighted by atomic mass is 32.2. The van der Waals surface area contributed by atoms with Crippen LogP contribution in [0.2, 0.25) is 0 Å². The molecule has 4 unspecified atom stereocenters. The van der Waals surface area contributed by atoms with Crippen molar-refractivity contribution >= 4 is 11.8 Å². The lowest BCUT2D eigenvalue weighted by atomic mass is 10.0. The van der Waals surface area contributed by atoms with E-state index in [1.807, 2.05) is 0 Å². The van der Waals surface area contributed by atoms with Crippen molar-refractivity contribution in [3.8, 4) is 0 Å². The molecule has 0 aromatic carbocycles. The molecular formula is C50H98O2S.